The zero-order chi connectivity index (χ0) is 70.4. The van der Waals surface area contributed by atoms with Gasteiger partial charge in [-0.3, -0.25) is 37.3 Å². The maximum atomic E-state index is 13.1. The summed E-state index contributed by atoms with van der Waals surface area (Å²) in [6.07, 6.45) is 71.5. The predicted octanol–water partition coefficient (Wildman–Crippen LogP) is 21.2. The number of aliphatic hydroxyl groups excluding tert-OH is 1. The van der Waals surface area contributed by atoms with Gasteiger partial charge in [-0.25, -0.2) is 9.13 Å². The number of carbonyl (C=O) groups is 4. The lowest BCUT2D eigenvalue weighted by Crippen LogP contribution is -2.30. The van der Waals surface area contributed by atoms with Crippen molar-refractivity contribution in [3.63, 3.8) is 0 Å². The Balaban J connectivity index is 5.39. The molecule has 5 atom stereocenters. The van der Waals surface area contributed by atoms with E-state index >= 15 is 0 Å². The lowest BCUT2D eigenvalue weighted by Gasteiger charge is -2.21. The van der Waals surface area contributed by atoms with Gasteiger partial charge in [0.15, 0.2) is 12.2 Å². The number of hydrogen-bond donors (Lipinski definition) is 3. The molecule has 0 aliphatic carbocycles. The fourth-order valence-corrected chi connectivity index (χ4v) is 11.4. The van der Waals surface area contributed by atoms with Gasteiger partial charge in [-0.15, -0.1) is 0 Å². The van der Waals surface area contributed by atoms with Crippen LogP contribution in [0.5, 0.6) is 0 Å². The van der Waals surface area contributed by atoms with Crippen LogP contribution < -0.4 is 0 Å². The fraction of sp³-hybridized carbons (Fsp3) is 0.740. The van der Waals surface area contributed by atoms with Gasteiger partial charge in [-0.05, 0) is 103 Å². The summed E-state index contributed by atoms with van der Waals surface area (Å²) < 4.78 is 68.3. The van der Waals surface area contributed by atoms with Crippen molar-refractivity contribution in [1.82, 2.24) is 0 Å². The van der Waals surface area contributed by atoms with Gasteiger partial charge in [0, 0.05) is 19.3 Å². The molecule has 0 spiro atoms. The van der Waals surface area contributed by atoms with Crippen LogP contribution in [0.25, 0.3) is 0 Å². The van der Waals surface area contributed by atoms with Gasteiger partial charge in [-0.2, -0.15) is 0 Å². The van der Waals surface area contributed by atoms with E-state index in [0.717, 1.165) is 135 Å². The smallest absolute Gasteiger partial charge is 0.462 e. The lowest BCUT2D eigenvalue weighted by atomic mass is 10.0. The Bertz CT molecular complexity index is 2200. The first-order valence-corrected chi connectivity index (χ1v) is 40.5. The van der Waals surface area contributed by atoms with Crippen LogP contribution in [0.3, 0.4) is 0 Å². The van der Waals surface area contributed by atoms with Gasteiger partial charge in [0.1, 0.15) is 19.3 Å². The summed E-state index contributed by atoms with van der Waals surface area (Å²) in [7, 11) is -9.97. The maximum absolute atomic E-state index is 13.1. The van der Waals surface area contributed by atoms with Gasteiger partial charge in [0.2, 0.25) is 0 Å². The number of unbranched alkanes of at least 4 members (excludes halogenated alkanes) is 29. The molecule has 96 heavy (non-hydrogen) atoms. The topological polar surface area (TPSA) is 237 Å². The summed E-state index contributed by atoms with van der Waals surface area (Å²) in [5.74, 6) is -2.33. The number of ether oxygens (including phenoxy) is 4. The highest BCUT2D eigenvalue weighted by atomic mass is 31.2. The average molecular weight is 1390 g/mol. The Kier molecular flexibility index (Phi) is 66.6. The van der Waals surface area contributed by atoms with Crippen LogP contribution in [0.15, 0.2) is 97.2 Å². The van der Waals surface area contributed by atoms with E-state index in [0.29, 0.717) is 25.7 Å². The molecular weight excluding hydrogens is 1260 g/mol. The van der Waals surface area contributed by atoms with Crippen molar-refractivity contribution in [1.29, 1.82) is 0 Å². The van der Waals surface area contributed by atoms with Crippen LogP contribution in [-0.4, -0.2) is 96.7 Å². The van der Waals surface area contributed by atoms with Crippen LogP contribution in [0.2, 0.25) is 0 Å². The number of allylic oxidation sites excluding steroid dienone is 15. The van der Waals surface area contributed by atoms with Gasteiger partial charge in [0.25, 0.3) is 0 Å². The second-order valence-electron chi connectivity index (χ2n) is 24.9. The van der Waals surface area contributed by atoms with Crippen LogP contribution in [0.1, 0.15) is 310 Å². The SMILES string of the molecule is CC/C=C\C/C=C\C/C=C\C/C=C\C/C=C\CC(=O)OCC(COP(=O)(O)OCC(O)COP(=O)(O)OCC(COC(=O)CCCCCCCCCCCCCCCCC)OC(=O)CCCCCCC/C=C\CCCCCC)OC(=O)CCCCCCC/C=C\C/C=C\CCC. The Hall–Kier alpha value is -4.02. The first kappa shape index (κ1) is 92.0. The first-order valence-electron chi connectivity index (χ1n) is 37.5. The molecule has 554 valence electrons. The third-order valence-electron chi connectivity index (χ3n) is 15.5. The monoisotopic (exact) mass is 1390 g/mol. The number of aliphatic hydroxyl groups is 1. The molecule has 0 aliphatic rings. The van der Waals surface area contributed by atoms with E-state index in [1.54, 1.807) is 6.08 Å². The minimum absolute atomic E-state index is 0.0589. The van der Waals surface area contributed by atoms with E-state index in [1.165, 1.54) is 96.3 Å². The Morgan fingerprint density at radius 3 is 0.990 bits per heavy atom. The molecule has 0 amide bonds. The molecule has 0 aromatic carbocycles. The molecular formula is C77H134O17P2. The van der Waals surface area contributed by atoms with Crippen LogP contribution >= 0.6 is 15.6 Å². The van der Waals surface area contributed by atoms with Crippen LogP contribution in [0, 0.1) is 0 Å². The van der Waals surface area contributed by atoms with Crippen LogP contribution in [0.4, 0.5) is 0 Å². The molecule has 0 saturated heterocycles. The van der Waals surface area contributed by atoms with Gasteiger partial charge < -0.3 is 33.8 Å². The van der Waals surface area contributed by atoms with Crippen molar-refractivity contribution in [3.05, 3.63) is 97.2 Å². The van der Waals surface area contributed by atoms with Crippen molar-refractivity contribution >= 4 is 39.5 Å². The standard InChI is InChI=1S/C77H134O17P2/c1-5-9-13-17-21-25-29-33-35-39-41-45-49-53-57-61-74(79)87-67-72(93-76(81)63-59-55-51-47-43-37-31-27-23-19-15-11-7-3)69-91-95(83,84)89-65-71(78)66-90-96(85,86)92-70-73(94-77(82)64-60-56-52-48-44-38-32-28-24-20-16-12-8-4)68-88-75(80)62-58-54-50-46-42-40-36-34-30-26-22-18-14-10-6-2/h9,13,15,19,21,25,27-28,31-33,35,41,45,53,57,71-73,78H,5-8,10-12,14,16-18,20,22-24,26,29-30,34,36-40,42-44,46-52,54-56,58-70H2,1-4H3,(H,83,84)(H,85,86)/b13-9-,19-15-,25-21-,31-27-,32-28-,35-33-,45-41-,57-53-. The van der Waals surface area contributed by atoms with E-state index in [4.69, 9.17) is 37.0 Å². The molecule has 17 nitrogen and oxygen atoms in total. The molecule has 19 heteroatoms. The van der Waals surface area contributed by atoms with Crippen molar-refractivity contribution in [3.8, 4) is 0 Å². The third kappa shape index (κ3) is 68.5. The Labute approximate surface area is 582 Å². The van der Waals surface area contributed by atoms with Crippen molar-refractivity contribution < 1.29 is 80.2 Å². The molecule has 0 rings (SSSR count). The normalized spacial score (nSPS) is 14.5. The molecule has 0 aromatic rings. The molecule has 0 heterocycles. The minimum Gasteiger partial charge on any atom is -0.462 e. The second kappa shape index (κ2) is 69.5. The summed E-state index contributed by atoms with van der Waals surface area (Å²) in [4.78, 5) is 72.7. The number of phosphoric acid groups is 2. The molecule has 3 N–H and O–H groups in total. The average Bonchev–Trinajstić information content (AvgIpc) is 1.14. The number of carbonyl (C=O) groups excluding carboxylic acids is 4. The molecule has 0 aliphatic heterocycles. The molecule has 0 radical (unpaired) electrons. The van der Waals surface area contributed by atoms with Gasteiger partial charge in [0.05, 0.1) is 32.8 Å². The van der Waals surface area contributed by atoms with E-state index in [1.807, 2.05) is 18.2 Å². The lowest BCUT2D eigenvalue weighted by molar-refractivity contribution is -0.161. The highest BCUT2D eigenvalue weighted by Crippen LogP contribution is 2.45. The molecule has 5 unspecified atom stereocenters. The molecule has 0 bridgehead atoms. The zero-order valence-corrected chi connectivity index (χ0v) is 62.1. The zero-order valence-electron chi connectivity index (χ0n) is 60.3. The van der Waals surface area contributed by atoms with Gasteiger partial charge in [-0.1, -0.05) is 279 Å². The number of rotatable bonds is 70. The molecule has 0 saturated carbocycles. The quantitative estimate of drug-likeness (QED) is 0.0169. The van der Waals surface area contributed by atoms with Gasteiger partial charge >= 0.3 is 39.5 Å². The van der Waals surface area contributed by atoms with Crippen LogP contribution in [-0.2, 0) is 65.4 Å². The Morgan fingerprint density at radius 1 is 0.312 bits per heavy atom. The highest BCUT2D eigenvalue weighted by Gasteiger charge is 2.30. The largest absolute Gasteiger partial charge is 0.472 e. The summed E-state index contributed by atoms with van der Waals surface area (Å²) in [5, 5.41) is 10.6. The summed E-state index contributed by atoms with van der Waals surface area (Å²) in [5.41, 5.74) is 0. The molecule has 0 aromatic heterocycles. The first-order chi connectivity index (χ1) is 46.7. The third-order valence-corrected chi connectivity index (χ3v) is 17.4. The fourth-order valence-electron chi connectivity index (χ4n) is 9.86. The van der Waals surface area contributed by atoms with Crippen molar-refractivity contribution in [2.45, 2.75) is 329 Å². The number of phosphoric ester groups is 2. The van der Waals surface area contributed by atoms with E-state index in [2.05, 4.69) is 101 Å². The minimum atomic E-state index is -4.99. The molecule has 0 fully saturated rings. The predicted molar refractivity (Wildman–Crippen MR) is 390 cm³/mol. The Morgan fingerprint density at radius 2 is 0.604 bits per heavy atom. The summed E-state index contributed by atoms with van der Waals surface area (Å²) in [6, 6.07) is 0. The van der Waals surface area contributed by atoms with Crippen molar-refractivity contribution in [2.75, 3.05) is 39.6 Å². The summed E-state index contributed by atoms with van der Waals surface area (Å²) >= 11 is 0. The van der Waals surface area contributed by atoms with E-state index in [-0.39, 0.29) is 25.7 Å². The number of esters is 4. The second-order valence-corrected chi connectivity index (χ2v) is 27.8. The number of hydrogen-bond acceptors (Lipinski definition) is 15. The summed E-state index contributed by atoms with van der Waals surface area (Å²) in [6.45, 7) is 4.56. The maximum Gasteiger partial charge on any atom is 0.472 e. The highest BCUT2D eigenvalue weighted by molar-refractivity contribution is 7.47. The van der Waals surface area contributed by atoms with E-state index in [9.17, 15) is 43.2 Å². The van der Waals surface area contributed by atoms with E-state index < -0.39 is 97.5 Å². The van der Waals surface area contributed by atoms with Crippen molar-refractivity contribution in [2.24, 2.45) is 0 Å².